The molecule has 0 N–H and O–H groups in total. The van der Waals surface area contributed by atoms with Crippen molar-refractivity contribution < 1.29 is 4.39 Å². The summed E-state index contributed by atoms with van der Waals surface area (Å²) in [6, 6.07) is 6.92. The van der Waals surface area contributed by atoms with Crippen LogP contribution in [0.5, 0.6) is 0 Å². The van der Waals surface area contributed by atoms with Crippen molar-refractivity contribution in [2.45, 2.75) is 115 Å². The first kappa shape index (κ1) is 23.0. The summed E-state index contributed by atoms with van der Waals surface area (Å²) in [6.07, 6.45) is 20.2. The average Bonchev–Trinajstić information content (AvgIpc) is 2.75. The third-order valence-electron chi connectivity index (χ3n) is 8.18. The topological polar surface area (TPSA) is 0 Å². The van der Waals surface area contributed by atoms with Crippen molar-refractivity contribution in [1.82, 2.24) is 0 Å². The number of rotatable bonds is 10. The fraction of sp³-hybridized carbons (Fsp3) is 0.778. The van der Waals surface area contributed by atoms with E-state index in [0.717, 1.165) is 17.8 Å². The third kappa shape index (κ3) is 7.53. The molecule has 0 amide bonds. The minimum Gasteiger partial charge on any atom is -0.207 e. The second-order valence-electron chi connectivity index (χ2n) is 10.4. The summed E-state index contributed by atoms with van der Waals surface area (Å²) < 4.78 is 13.6. The van der Waals surface area contributed by atoms with E-state index in [9.17, 15) is 4.39 Å². The highest BCUT2D eigenvalue weighted by atomic mass is 28.2. The quantitative estimate of drug-likeness (QED) is 0.266. The molecular formula is C27H45FSi. The summed E-state index contributed by atoms with van der Waals surface area (Å²) in [7, 11) is 0.299. The molecule has 2 aliphatic rings. The zero-order valence-corrected chi connectivity index (χ0v) is 20.6. The van der Waals surface area contributed by atoms with Gasteiger partial charge in [0.2, 0.25) is 0 Å². The summed E-state index contributed by atoms with van der Waals surface area (Å²) in [6.45, 7) is 4.59. The van der Waals surface area contributed by atoms with Gasteiger partial charge < -0.3 is 0 Å². The van der Waals surface area contributed by atoms with E-state index >= 15 is 0 Å². The number of hydrogen-bond donors (Lipinski definition) is 0. The monoisotopic (exact) mass is 416 g/mol. The molecule has 0 bridgehead atoms. The lowest BCUT2D eigenvalue weighted by Crippen LogP contribution is -2.15. The maximum atomic E-state index is 13.6. The highest BCUT2D eigenvalue weighted by Crippen LogP contribution is 2.39. The molecule has 2 heteroatoms. The van der Waals surface area contributed by atoms with Crippen LogP contribution in [-0.4, -0.2) is 9.52 Å². The third-order valence-corrected chi connectivity index (χ3v) is 9.39. The van der Waals surface area contributed by atoms with Gasteiger partial charge in [-0.3, -0.25) is 0 Å². The maximum Gasteiger partial charge on any atom is 0.123 e. The zero-order chi connectivity index (χ0) is 20.5. The summed E-state index contributed by atoms with van der Waals surface area (Å²) in [5.41, 5.74) is 2.55. The minimum atomic E-state index is -0.0654. The Morgan fingerprint density at radius 3 is 1.86 bits per heavy atom. The van der Waals surface area contributed by atoms with E-state index in [2.05, 4.69) is 13.5 Å². The van der Waals surface area contributed by atoms with Gasteiger partial charge in [0.25, 0.3) is 0 Å². The lowest BCUT2D eigenvalue weighted by Gasteiger charge is -2.30. The molecule has 0 atom stereocenters. The van der Waals surface area contributed by atoms with Crippen molar-refractivity contribution in [3.8, 4) is 0 Å². The fourth-order valence-corrected chi connectivity index (χ4v) is 6.96. The van der Waals surface area contributed by atoms with E-state index in [-0.39, 0.29) is 5.82 Å². The number of hydrogen-bond acceptors (Lipinski definition) is 0. The molecule has 164 valence electrons. The van der Waals surface area contributed by atoms with Crippen LogP contribution in [0.3, 0.4) is 0 Å². The van der Waals surface area contributed by atoms with Crippen LogP contribution in [0, 0.1) is 30.5 Å². The molecule has 0 radical (unpaired) electrons. The van der Waals surface area contributed by atoms with E-state index in [0.29, 0.717) is 15.4 Å². The molecule has 29 heavy (non-hydrogen) atoms. The molecule has 0 unspecified atom stereocenters. The number of benzene rings is 1. The molecule has 2 fully saturated rings. The number of aryl methyl sites for hydroxylation is 1. The van der Waals surface area contributed by atoms with E-state index in [1.54, 1.807) is 18.2 Å². The van der Waals surface area contributed by atoms with Gasteiger partial charge in [-0.2, -0.15) is 0 Å². The van der Waals surface area contributed by atoms with E-state index in [1.807, 2.05) is 6.07 Å². The molecule has 1 aromatic carbocycles. The van der Waals surface area contributed by atoms with E-state index in [4.69, 9.17) is 0 Å². The smallest absolute Gasteiger partial charge is 0.123 e. The van der Waals surface area contributed by atoms with Crippen LogP contribution in [0.4, 0.5) is 4.39 Å². The molecule has 0 aromatic heterocycles. The Hall–Kier alpha value is -0.633. The van der Waals surface area contributed by atoms with Gasteiger partial charge in [0.05, 0.1) is 0 Å². The van der Waals surface area contributed by atoms with Gasteiger partial charge in [0.1, 0.15) is 5.82 Å². The van der Waals surface area contributed by atoms with Gasteiger partial charge >= 0.3 is 0 Å². The predicted octanol–water partition coefficient (Wildman–Crippen LogP) is 8.19. The maximum absolute atomic E-state index is 13.6. The van der Waals surface area contributed by atoms with Gasteiger partial charge in [-0.05, 0) is 79.5 Å². The van der Waals surface area contributed by atoms with Crippen molar-refractivity contribution >= 4 is 9.52 Å². The predicted molar refractivity (Wildman–Crippen MR) is 128 cm³/mol. The first-order valence-electron chi connectivity index (χ1n) is 12.9. The van der Waals surface area contributed by atoms with E-state index < -0.39 is 0 Å². The van der Waals surface area contributed by atoms with Crippen LogP contribution in [0.2, 0.25) is 12.6 Å². The Bertz CT molecular complexity index is 582. The average molecular weight is 417 g/mol. The van der Waals surface area contributed by atoms with Crippen LogP contribution < -0.4 is 0 Å². The summed E-state index contributed by atoms with van der Waals surface area (Å²) in [5, 5.41) is 0. The highest BCUT2D eigenvalue weighted by molar-refractivity contribution is 6.33. The summed E-state index contributed by atoms with van der Waals surface area (Å²) in [5.74, 6) is 3.57. The van der Waals surface area contributed by atoms with E-state index in [1.165, 1.54) is 101 Å². The van der Waals surface area contributed by atoms with Crippen LogP contribution in [-0.2, 0) is 0 Å². The van der Waals surface area contributed by atoms with Crippen molar-refractivity contribution in [3.05, 3.63) is 35.1 Å². The molecule has 0 heterocycles. The van der Waals surface area contributed by atoms with Gasteiger partial charge in [-0.15, -0.1) is 0 Å². The van der Waals surface area contributed by atoms with Gasteiger partial charge in [0, 0.05) is 9.52 Å². The standard InChI is InChI=1S/C27H45FSi/c1-21-9-18-26(28)20-27(21)25-16-14-23(15-17-25)7-4-3-6-22-10-12-24(13-11-22)8-5-19-29-2/h9,18,20,22-25H,3-8,10-17,19,29H2,1-2H3. The van der Waals surface area contributed by atoms with Crippen LogP contribution >= 0.6 is 0 Å². The van der Waals surface area contributed by atoms with Crippen LogP contribution in [0.15, 0.2) is 18.2 Å². The molecule has 2 aliphatic carbocycles. The molecule has 1 aromatic rings. The molecule has 3 rings (SSSR count). The Labute approximate surface area is 182 Å². The molecule has 0 nitrogen and oxygen atoms in total. The molecule has 0 spiro atoms. The largest absolute Gasteiger partial charge is 0.207 e. The second-order valence-corrected chi connectivity index (χ2v) is 12.1. The number of halogens is 1. The Morgan fingerprint density at radius 1 is 0.793 bits per heavy atom. The lowest BCUT2D eigenvalue weighted by atomic mass is 9.75. The first-order valence-corrected chi connectivity index (χ1v) is 15.3. The summed E-state index contributed by atoms with van der Waals surface area (Å²) in [4.78, 5) is 0. The fourth-order valence-electron chi connectivity index (χ4n) is 6.17. The SMILES string of the molecule is C[SiH2]CCCC1CCC(CCCCC2CCC(c3cc(F)ccc3C)CC2)CC1. The highest BCUT2D eigenvalue weighted by Gasteiger charge is 2.24. The Morgan fingerprint density at radius 2 is 1.31 bits per heavy atom. The van der Waals surface area contributed by atoms with Crippen molar-refractivity contribution in [1.29, 1.82) is 0 Å². The van der Waals surface area contributed by atoms with Crippen LogP contribution in [0.25, 0.3) is 0 Å². The van der Waals surface area contributed by atoms with Crippen molar-refractivity contribution in [2.24, 2.45) is 17.8 Å². The van der Waals surface area contributed by atoms with Crippen molar-refractivity contribution in [2.75, 3.05) is 0 Å². The minimum absolute atomic E-state index is 0.0654. The second kappa shape index (κ2) is 12.3. The molecular weight excluding hydrogens is 371 g/mol. The molecule has 0 saturated heterocycles. The van der Waals surface area contributed by atoms with Crippen molar-refractivity contribution in [3.63, 3.8) is 0 Å². The van der Waals surface area contributed by atoms with Gasteiger partial charge in [-0.25, -0.2) is 4.39 Å². The Kier molecular flexibility index (Phi) is 9.75. The Balaban J connectivity index is 1.26. The van der Waals surface area contributed by atoms with Crippen LogP contribution in [0.1, 0.15) is 107 Å². The zero-order valence-electron chi connectivity index (χ0n) is 19.2. The lowest BCUT2D eigenvalue weighted by molar-refractivity contribution is 0.243. The normalized spacial score (nSPS) is 28.2. The van der Waals surface area contributed by atoms with Gasteiger partial charge in [-0.1, -0.05) is 82.9 Å². The number of unbranched alkanes of at least 4 members (excludes halogenated alkanes) is 1. The van der Waals surface area contributed by atoms with Gasteiger partial charge in [0.15, 0.2) is 0 Å². The summed E-state index contributed by atoms with van der Waals surface area (Å²) >= 11 is 0. The molecule has 2 saturated carbocycles. The molecule has 0 aliphatic heterocycles. The first-order chi connectivity index (χ1) is 14.2.